The number of hydrogen-bond acceptors (Lipinski definition) is 5. The predicted molar refractivity (Wildman–Crippen MR) is 116 cm³/mol. The first-order valence-electron chi connectivity index (χ1n) is 10.1. The largest absolute Gasteiger partial charge is 0.356 e. The lowest BCUT2D eigenvalue weighted by Gasteiger charge is -2.47. The zero-order valence-electron chi connectivity index (χ0n) is 17.0. The fraction of sp³-hybridized carbons (Fsp3) is 0.400. The summed E-state index contributed by atoms with van der Waals surface area (Å²) in [6.07, 6.45) is 5.69. The molecule has 2 atom stereocenters. The Balaban J connectivity index is 1.78. The van der Waals surface area contributed by atoms with E-state index in [0.29, 0.717) is 54.1 Å². The number of rotatable bonds is 0. The summed E-state index contributed by atoms with van der Waals surface area (Å²) in [5.41, 5.74) is 0.275. The molecular weight excluding hydrogens is 392 g/mol. The first-order chi connectivity index (χ1) is 14.7. The van der Waals surface area contributed by atoms with Gasteiger partial charge in [0.15, 0.2) is 5.65 Å². The molecule has 7 nitrogen and oxygen atoms in total. The number of carbonyl (C=O) groups is 1. The normalized spacial score (nSPS) is 25.3. The molecule has 1 N–H and O–H groups in total. The highest BCUT2D eigenvalue weighted by Crippen LogP contribution is 2.53. The Labute approximate surface area is 183 Å². The second kappa shape index (κ2) is 6.83. The van der Waals surface area contributed by atoms with Crippen LogP contribution in [0.1, 0.15) is 41.4 Å². The van der Waals surface area contributed by atoms with Crippen molar-refractivity contribution < 1.29 is 9.18 Å². The van der Waals surface area contributed by atoms with E-state index in [0.717, 1.165) is 6.20 Å². The molecule has 2 aliphatic rings. The molecule has 1 fully saturated rings. The molecule has 1 unspecified atom stereocenters. The molecule has 150 valence electrons. The van der Waals surface area contributed by atoms with Gasteiger partial charge in [-0.05, 0) is 43.9 Å². The van der Waals surface area contributed by atoms with Gasteiger partial charge in [0.05, 0.1) is 28.1 Å². The Morgan fingerprint density at radius 2 is 2.10 bits per heavy atom. The third-order valence-electron chi connectivity index (χ3n) is 6.30. The summed E-state index contributed by atoms with van der Waals surface area (Å²) in [6, 6.07) is 2.89. The molecule has 11 heteroatoms. The van der Waals surface area contributed by atoms with Gasteiger partial charge < -0.3 is 10.2 Å². The maximum absolute atomic E-state index is 14.3. The van der Waals surface area contributed by atoms with Gasteiger partial charge >= 0.3 is 0 Å². The zero-order valence-corrected chi connectivity index (χ0v) is 17.0. The Bertz CT molecular complexity index is 1200. The number of aryl methyl sites for hydroxylation is 1. The molecule has 0 saturated carbocycles. The van der Waals surface area contributed by atoms with Gasteiger partial charge in [-0.2, -0.15) is 5.10 Å². The van der Waals surface area contributed by atoms with Crippen LogP contribution in [0.2, 0.25) is 5.21 Å². The van der Waals surface area contributed by atoms with Crippen LogP contribution in [0.5, 0.6) is 0 Å². The molecule has 1 saturated heterocycles. The topological polar surface area (TPSA) is 75.4 Å². The van der Waals surface area contributed by atoms with Crippen molar-refractivity contribution in [2.75, 3.05) is 11.4 Å². The average molecular weight is 410 g/mol. The van der Waals surface area contributed by atoms with Crippen LogP contribution in [-0.4, -0.2) is 61.6 Å². The summed E-state index contributed by atoms with van der Waals surface area (Å²) in [4.78, 5) is 23.6. The van der Waals surface area contributed by atoms with Gasteiger partial charge in [-0.3, -0.25) is 9.78 Å². The number of amides is 1. The summed E-state index contributed by atoms with van der Waals surface area (Å²) in [5, 5.41) is 5.82. The number of nitrogens with zero attached hydrogens (tertiary/aromatic N) is 5. The van der Waals surface area contributed by atoms with Gasteiger partial charge in [0.1, 0.15) is 25.0 Å². The monoisotopic (exact) mass is 410 g/mol. The van der Waals surface area contributed by atoms with E-state index in [1.54, 1.807) is 17.2 Å². The Morgan fingerprint density at radius 3 is 2.90 bits per heavy atom. The number of hydrogen-bond donors (Lipinski definition) is 1. The quantitative estimate of drug-likeness (QED) is 0.561. The van der Waals surface area contributed by atoms with E-state index >= 15 is 0 Å². The Morgan fingerprint density at radius 1 is 1.29 bits per heavy atom. The summed E-state index contributed by atoms with van der Waals surface area (Å²) in [7, 11) is 19.9. The van der Waals surface area contributed by atoms with Crippen molar-refractivity contribution in [3.63, 3.8) is 0 Å². The van der Waals surface area contributed by atoms with Crippen LogP contribution in [0, 0.1) is 5.82 Å². The van der Waals surface area contributed by atoms with Crippen LogP contribution >= 0.6 is 0 Å². The Kier molecular flexibility index (Phi) is 4.43. The molecule has 0 spiro atoms. The molecule has 5 heterocycles. The number of carbonyl (C=O) groups excluding carboxylic acids is 1. The minimum absolute atomic E-state index is 0.181. The van der Waals surface area contributed by atoms with Crippen molar-refractivity contribution in [2.24, 2.45) is 0 Å². The van der Waals surface area contributed by atoms with Crippen LogP contribution in [0.15, 0.2) is 30.7 Å². The molecule has 2 aliphatic heterocycles. The minimum Gasteiger partial charge on any atom is -0.356 e. The highest BCUT2D eigenvalue weighted by Gasteiger charge is 2.51. The maximum Gasteiger partial charge on any atom is 0.256 e. The first-order valence-corrected chi connectivity index (χ1v) is 10.1. The van der Waals surface area contributed by atoms with E-state index in [-0.39, 0.29) is 11.9 Å². The van der Waals surface area contributed by atoms with Crippen molar-refractivity contribution in [1.29, 1.82) is 0 Å². The van der Waals surface area contributed by atoms with E-state index in [4.69, 9.17) is 23.5 Å². The van der Waals surface area contributed by atoms with Crippen molar-refractivity contribution >= 4 is 40.9 Å². The van der Waals surface area contributed by atoms with Crippen LogP contribution in [-0.2, 0) is 11.9 Å². The van der Waals surface area contributed by atoms with E-state index in [1.165, 1.54) is 16.8 Å². The SMILES string of the molecule is [B]C1([B])CCN2c3ccn4ncc(c4n3)C(=O)N[C@H](C)CCc3ncc(F)cc3C21[B]. The summed E-state index contributed by atoms with van der Waals surface area (Å²) >= 11 is 0. The molecule has 31 heavy (non-hydrogen) atoms. The van der Waals surface area contributed by atoms with Gasteiger partial charge in [0.25, 0.3) is 5.91 Å². The number of nitrogens with one attached hydrogen (secondary N) is 1. The molecule has 5 rings (SSSR count). The highest BCUT2D eigenvalue weighted by atomic mass is 19.1. The number of aromatic nitrogens is 4. The van der Waals surface area contributed by atoms with Crippen molar-refractivity contribution in [3.05, 3.63) is 53.4 Å². The lowest BCUT2D eigenvalue weighted by atomic mass is 9.38. The Hall–Kier alpha value is -2.84. The summed E-state index contributed by atoms with van der Waals surface area (Å²) in [6.45, 7) is 2.29. The molecule has 0 aromatic carbocycles. The van der Waals surface area contributed by atoms with E-state index < -0.39 is 16.5 Å². The number of pyridine rings is 1. The van der Waals surface area contributed by atoms with Gasteiger partial charge in [0, 0.05) is 29.9 Å². The first kappa shape index (κ1) is 20.1. The summed E-state index contributed by atoms with van der Waals surface area (Å²) in [5.74, 6) is -0.339. The van der Waals surface area contributed by atoms with Crippen LogP contribution in [0.3, 0.4) is 0 Å². The van der Waals surface area contributed by atoms with Crippen molar-refractivity contribution in [3.8, 4) is 0 Å². The van der Waals surface area contributed by atoms with Gasteiger partial charge in [-0.15, -0.1) is 0 Å². The lowest BCUT2D eigenvalue weighted by Crippen LogP contribution is -2.50. The predicted octanol–water partition coefficient (Wildman–Crippen LogP) is 1.01. The second-order valence-corrected chi connectivity index (χ2v) is 8.38. The molecule has 2 bridgehead atoms. The van der Waals surface area contributed by atoms with Crippen molar-refractivity contribution in [1.82, 2.24) is 24.9 Å². The molecular formula is C20H18B3FN6O. The summed E-state index contributed by atoms with van der Waals surface area (Å²) < 4.78 is 15.9. The molecule has 1 amide bonds. The molecule has 6 radical (unpaired) electrons. The van der Waals surface area contributed by atoms with E-state index in [2.05, 4.69) is 20.4 Å². The minimum atomic E-state index is -1.46. The van der Waals surface area contributed by atoms with Gasteiger partial charge in [0.2, 0.25) is 0 Å². The smallest absolute Gasteiger partial charge is 0.256 e. The molecule has 3 aromatic rings. The average Bonchev–Trinajstić information content (AvgIpc) is 3.25. The fourth-order valence-electron chi connectivity index (χ4n) is 4.50. The molecule has 0 aliphatic carbocycles. The van der Waals surface area contributed by atoms with E-state index in [1.807, 2.05) is 6.92 Å². The molecule has 3 aromatic heterocycles. The fourth-order valence-corrected chi connectivity index (χ4v) is 4.50. The highest BCUT2D eigenvalue weighted by molar-refractivity contribution is 6.46. The number of fused-ring (bicyclic) bond motifs is 5. The van der Waals surface area contributed by atoms with Crippen LogP contribution < -0.4 is 10.2 Å². The second-order valence-electron chi connectivity index (χ2n) is 8.38. The third-order valence-corrected chi connectivity index (χ3v) is 6.30. The number of anilines is 1. The van der Waals surface area contributed by atoms with Crippen molar-refractivity contribution in [2.45, 2.75) is 42.9 Å². The third kappa shape index (κ3) is 2.97. The van der Waals surface area contributed by atoms with Crippen LogP contribution in [0.25, 0.3) is 5.65 Å². The van der Waals surface area contributed by atoms with Gasteiger partial charge in [-0.1, -0.05) is 5.21 Å². The number of halogens is 1. The zero-order chi connectivity index (χ0) is 22.0. The maximum atomic E-state index is 14.3. The van der Waals surface area contributed by atoms with E-state index in [9.17, 15) is 9.18 Å². The van der Waals surface area contributed by atoms with Crippen LogP contribution in [0.4, 0.5) is 10.2 Å². The lowest BCUT2D eigenvalue weighted by molar-refractivity contribution is 0.0940. The standard InChI is InChI=1S/C20H18B3FN6O/c1-11-2-3-15-14(8-12(24)9-25-15)20(23)19(21,22)5-7-29(20)16-4-6-30-17(28-16)13(10-26-30)18(31)27-11/h4,6,8-11H,2-3,5,7H2,1H3,(H,27,31)/t11-,20?/m1/s1. The van der Waals surface area contributed by atoms with Gasteiger partial charge in [-0.25, -0.2) is 13.9 Å².